The van der Waals surface area contributed by atoms with Gasteiger partial charge in [0, 0.05) is 38.2 Å². The number of hydrogen-bond donors (Lipinski definition) is 2. The second kappa shape index (κ2) is 9.70. The number of benzene rings is 2. The summed E-state index contributed by atoms with van der Waals surface area (Å²) >= 11 is 0. The Hall–Kier alpha value is -3.60. The van der Waals surface area contributed by atoms with Crippen LogP contribution in [0.25, 0.3) is 11.0 Å². The molecular formula is C27H31N6O4+. The first kappa shape index (κ1) is 23.8. The number of hydrogen-bond acceptors (Lipinski definition) is 6. The van der Waals surface area contributed by atoms with Crippen molar-refractivity contribution in [3.05, 3.63) is 60.4 Å². The molecule has 37 heavy (non-hydrogen) atoms. The van der Waals surface area contributed by atoms with Crippen molar-refractivity contribution in [1.29, 1.82) is 0 Å². The molecule has 10 heteroatoms. The Morgan fingerprint density at radius 1 is 1.16 bits per heavy atom. The molecule has 0 bridgehead atoms. The Bertz CT molecular complexity index is 1330. The van der Waals surface area contributed by atoms with Gasteiger partial charge in [0.1, 0.15) is 12.3 Å². The third-order valence-corrected chi connectivity index (χ3v) is 7.65. The number of imidazole rings is 1. The Morgan fingerprint density at radius 2 is 2.05 bits per heavy atom. The number of nitrogens with zero attached hydrogens (tertiary/aromatic N) is 4. The number of fused-ring (bicyclic) bond motifs is 1. The number of rotatable bonds is 8. The molecule has 2 N–H and O–H groups in total. The third-order valence-electron chi connectivity index (χ3n) is 7.65. The van der Waals surface area contributed by atoms with E-state index in [9.17, 15) is 9.59 Å². The Morgan fingerprint density at radius 3 is 2.84 bits per heavy atom. The van der Waals surface area contributed by atoms with Gasteiger partial charge in [-0.1, -0.05) is 30.3 Å². The number of amides is 3. The second-order valence-electron chi connectivity index (χ2n) is 9.89. The summed E-state index contributed by atoms with van der Waals surface area (Å²) in [7, 11) is 0. The minimum atomic E-state index is -0.978. The van der Waals surface area contributed by atoms with E-state index in [2.05, 4.69) is 15.3 Å². The monoisotopic (exact) mass is 503 g/mol. The van der Waals surface area contributed by atoms with Gasteiger partial charge in [0.25, 0.3) is 0 Å². The molecule has 3 amide bonds. The van der Waals surface area contributed by atoms with Gasteiger partial charge < -0.3 is 14.6 Å². The van der Waals surface area contributed by atoms with E-state index in [1.807, 2.05) is 53.4 Å². The Balaban J connectivity index is 1.34. The van der Waals surface area contributed by atoms with Crippen molar-refractivity contribution < 1.29 is 19.1 Å². The SMILES string of the molecule is O=C1CCCN1CCCN=C1C[N+](c2ccc3[nH]cnc3c2)(C2(Cc3ccccc3)COCO2)C(=O)N1. The summed E-state index contributed by atoms with van der Waals surface area (Å²) in [6.07, 6.45) is 4.45. The number of aromatic nitrogens is 2. The smallest absolute Gasteiger partial charge is 0.346 e. The van der Waals surface area contributed by atoms with Crippen LogP contribution in [-0.4, -0.2) is 77.9 Å². The molecule has 2 atom stereocenters. The number of aliphatic imine (C=N–C) groups is 1. The van der Waals surface area contributed by atoms with Crippen molar-refractivity contribution >= 4 is 34.5 Å². The van der Waals surface area contributed by atoms with E-state index in [1.165, 1.54) is 0 Å². The number of nitrogens with one attached hydrogen (secondary N) is 2. The maximum Gasteiger partial charge on any atom is 0.430 e. The van der Waals surface area contributed by atoms with Crippen LogP contribution in [0, 0.1) is 0 Å². The highest BCUT2D eigenvalue weighted by molar-refractivity contribution is 6.12. The number of aromatic amines is 1. The maximum absolute atomic E-state index is 14.0. The van der Waals surface area contributed by atoms with E-state index < -0.39 is 5.72 Å². The molecule has 3 aliphatic rings. The van der Waals surface area contributed by atoms with Crippen molar-refractivity contribution in [2.24, 2.45) is 4.99 Å². The number of urea groups is 1. The van der Waals surface area contributed by atoms with Crippen LogP contribution in [-0.2, 0) is 20.7 Å². The number of carbonyl (C=O) groups excluding carboxylic acids is 2. The molecule has 3 aliphatic heterocycles. The molecule has 0 spiro atoms. The average molecular weight is 504 g/mol. The van der Waals surface area contributed by atoms with Crippen LogP contribution in [0.4, 0.5) is 10.5 Å². The van der Waals surface area contributed by atoms with Gasteiger partial charge in [-0.05, 0) is 24.5 Å². The minimum Gasteiger partial charge on any atom is -0.346 e. The van der Waals surface area contributed by atoms with Crippen LogP contribution >= 0.6 is 0 Å². The molecule has 2 aromatic carbocycles. The summed E-state index contributed by atoms with van der Waals surface area (Å²) in [5.74, 6) is 0.829. The first-order chi connectivity index (χ1) is 18.1. The summed E-state index contributed by atoms with van der Waals surface area (Å²) in [6.45, 7) is 2.73. The zero-order chi connectivity index (χ0) is 25.3. The Kier molecular flexibility index (Phi) is 6.23. The number of ether oxygens (including phenoxy) is 2. The van der Waals surface area contributed by atoms with Crippen LogP contribution in [0.15, 0.2) is 59.9 Å². The van der Waals surface area contributed by atoms with Gasteiger partial charge in [0.15, 0.2) is 19.2 Å². The highest BCUT2D eigenvalue weighted by Gasteiger charge is 2.65. The van der Waals surface area contributed by atoms with Gasteiger partial charge in [-0.2, -0.15) is 4.48 Å². The average Bonchev–Trinajstić information content (AvgIpc) is 3.70. The number of carbonyl (C=O) groups is 2. The van der Waals surface area contributed by atoms with Crippen molar-refractivity contribution in [2.75, 3.05) is 39.6 Å². The lowest BCUT2D eigenvalue weighted by atomic mass is 9.97. The quantitative estimate of drug-likeness (QED) is 0.363. The standard InChI is InChI=1S/C27H30N6O4/c34-25-8-4-12-32(25)13-5-11-28-24-16-33(26(35)31-24,21-9-10-22-23(14-21)30-18-29-22)27(17-36-19-37-27)15-20-6-2-1-3-7-20/h1-3,6-7,9-10,14,18H,4-5,8,11-13,15-17,19H2,(H-,28,29,30,31,35)/p+1. The van der Waals surface area contributed by atoms with E-state index in [1.54, 1.807) is 6.33 Å². The van der Waals surface area contributed by atoms with Crippen LogP contribution in [0.1, 0.15) is 24.8 Å². The van der Waals surface area contributed by atoms with Crippen molar-refractivity contribution in [1.82, 2.24) is 24.7 Å². The number of likely N-dealkylation sites (tertiary alicyclic amines) is 1. The van der Waals surface area contributed by atoms with Crippen LogP contribution in [0.5, 0.6) is 0 Å². The van der Waals surface area contributed by atoms with Gasteiger partial charge in [-0.25, -0.2) is 9.78 Å². The fraction of sp³-hybridized carbons (Fsp3) is 0.407. The van der Waals surface area contributed by atoms with Gasteiger partial charge in [-0.15, -0.1) is 0 Å². The molecule has 6 rings (SSSR count). The van der Waals surface area contributed by atoms with Gasteiger partial charge >= 0.3 is 6.03 Å². The van der Waals surface area contributed by atoms with Crippen LogP contribution in [0.3, 0.4) is 0 Å². The van der Waals surface area contributed by atoms with E-state index in [0.29, 0.717) is 38.3 Å². The predicted molar refractivity (Wildman–Crippen MR) is 139 cm³/mol. The third kappa shape index (κ3) is 4.20. The molecular weight excluding hydrogens is 472 g/mol. The van der Waals surface area contributed by atoms with E-state index in [0.717, 1.165) is 41.7 Å². The molecule has 192 valence electrons. The molecule has 3 fully saturated rings. The van der Waals surface area contributed by atoms with Crippen molar-refractivity contribution in [3.8, 4) is 0 Å². The fourth-order valence-corrected chi connectivity index (χ4v) is 5.76. The van der Waals surface area contributed by atoms with Gasteiger partial charge in [0.2, 0.25) is 11.6 Å². The minimum absolute atomic E-state index is 0.112. The number of quaternary nitrogens is 1. The first-order valence-corrected chi connectivity index (χ1v) is 12.8. The summed E-state index contributed by atoms with van der Waals surface area (Å²) < 4.78 is 12.0. The van der Waals surface area contributed by atoms with Gasteiger partial charge in [-0.3, -0.25) is 19.8 Å². The molecule has 0 aliphatic carbocycles. The zero-order valence-corrected chi connectivity index (χ0v) is 20.7. The summed E-state index contributed by atoms with van der Waals surface area (Å²) in [6, 6.07) is 15.7. The van der Waals surface area contributed by atoms with Gasteiger partial charge in [0.05, 0.1) is 23.8 Å². The highest BCUT2D eigenvalue weighted by Crippen LogP contribution is 2.42. The lowest BCUT2D eigenvalue weighted by molar-refractivity contribution is -0.127. The molecule has 3 saturated heterocycles. The zero-order valence-electron chi connectivity index (χ0n) is 20.7. The summed E-state index contributed by atoms with van der Waals surface area (Å²) in [5, 5.41) is 3.05. The molecule has 3 aromatic rings. The second-order valence-corrected chi connectivity index (χ2v) is 9.89. The molecule has 2 unspecified atom stereocenters. The van der Waals surface area contributed by atoms with Crippen molar-refractivity contribution in [3.63, 3.8) is 0 Å². The topological polar surface area (TPSA) is 109 Å². The van der Waals surface area contributed by atoms with Crippen LogP contribution < -0.4 is 9.80 Å². The number of amidine groups is 1. The largest absolute Gasteiger partial charge is 0.430 e. The highest BCUT2D eigenvalue weighted by atomic mass is 16.7. The fourth-order valence-electron chi connectivity index (χ4n) is 5.76. The van der Waals surface area contributed by atoms with E-state index in [4.69, 9.17) is 14.5 Å². The maximum atomic E-state index is 14.0. The van der Waals surface area contributed by atoms with Crippen LogP contribution in [0.2, 0.25) is 0 Å². The normalized spacial score (nSPS) is 27.0. The summed E-state index contributed by atoms with van der Waals surface area (Å²) in [4.78, 5) is 40.1. The molecule has 10 nitrogen and oxygen atoms in total. The first-order valence-electron chi connectivity index (χ1n) is 12.8. The van der Waals surface area contributed by atoms with E-state index >= 15 is 0 Å². The summed E-state index contributed by atoms with van der Waals surface area (Å²) in [5.41, 5.74) is 2.52. The number of H-pyrrole nitrogens is 1. The molecule has 4 heterocycles. The Labute approximate surface area is 214 Å². The lowest BCUT2D eigenvalue weighted by Gasteiger charge is -2.42. The molecule has 0 saturated carbocycles. The van der Waals surface area contributed by atoms with Crippen molar-refractivity contribution in [2.45, 2.75) is 31.4 Å². The molecule has 0 radical (unpaired) electrons. The molecule has 1 aromatic heterocycles. The predicted octanol–water partition coefficient (Wildman–Crippen LogP) is 2.95. The lowest BCUT2D eigenvalue weighted by Crippen LogP contribution is -2.70. The van der Waals surface area contributed by atoms with E-state index in [-0.39, 0.29) is 29.8 Å².